The van der Waals surface area contributed by atoms with E-state index < -0.39 is 6.10 Å². The zero-order valence-corrected chi connectivity index (χ0v) is 13.1. The number of hydrogen-bond acceptors (Lipinski definition) is 4. The molecule has 1 aromatic carbocycles. The number of rotatable bonds is 4. The van der Waals surface area contributed by atoms with Crippen LogP contribution >= 0.6 is 23.4 Å². The minimum Gasteiger partial charge on any atom is -0.376 e. The first-order valence-electron chi connectivity index (χ1n) is 6.52. The van der Waals surface area contributed by atoms with Gasteiger partial charge in [-0.1, -0.05) is 25.4 Å². The van der Waals surface area contributed by atoms with Crippen molar-refractivity contribution in [1.82, 2.24) is 0 Å². The van der Waals surface area contributed by atoms with Crippen LogP contribution in [0.3, 0.4) is 0 Å². The molecular weight excluding hydrogens is 298 g/mol. The van der Waals surface area contributed by atoms with Crippen molar-refractivity contribution in [2.75, 3.05) is 25.1 Å². The maximum absolute atomic E-state index is 12.1. The van der Waals surface area contributed by atoms with Crippen LogP contribution in [0.1, 0.15) is 13.8 Å². The number of anilines is 1. The molecule has 1 aromatic rings. The first-order chi connectivity index (χ1) is 9.56. The summed E-state index contributed by atoms with van der Waals surface area (Å²) in [6.07, 6.45) is -0.556. The van der Waals surface area contributed by atoms with Gasteiger partial charge < -0.3 is 14.8 Å². The third kappa shape index (κ3) is 4.38. The minimum atomic E-state index is -0.556. The lowest BCUT2D eigenvalue weighted by Gasteiger charge is -2.22. The molecule has 2 rings (SSSR count). The fourth-order valence-corrected chi connectivity index (χ4v) is 2.87. The lowest BCUT2D eigenvalue weighted by atomic mass is 10.2. The highest BCUT2D eigenvalue weighted by Crippen LogP contribution is 2.32. The standard InChI is InChI=1S/C14H18ClNO3S/c1-9(2)20-13-4-3-10(15)7-11(13)16-14(17)12-8-18-5-6-19-12/h3-4,7,9,12H,5-6,8H2,1-2H3,(H,16,17)/t12-/m0/s1. The van der Waals surface area contributed by atoms with Crippen LogP contribution in [0, 0.1) is 0 Å². The molecular formula is C14H18ClNO3S. The Labute approximate surface area is 128 Å². The number of nitrogens with one attached hydrogen (secondary N) is 1. The van der Waals surface area contributed by atoms with Crippen molar-refractivity contribution < 1.29 is 14.3 Å². The molecule has 6 heteroatoms. The third-order valence-electron chi connectivity index (χ3n) is 2.67. The summed E-state index contributed by atoms with van der Waals surface area (Å²) >= 11 is 7.68. The monoisotopic (exact) mass is 315 g/mol. The molecule has 0 aromatic heterocycles. The van der Waals surface area contributed by atoms with Gasteiger partial charge >= 0.3 is 0 Å². The first-order valence-corrected chi connectivity index (χ1v) is 7.78. The van der Waals surface area contributed by atoms with Crippen LogP contribution in [0.25, 0.3) is 0 Å². The summed E-state index contributed by atoms with van der Waals surface area (Å²) in [4.78, 5) is 13.1. The molecule has 0 bridgehead atoms. The van der Waals surface area contributed by atoms with Gasteiger partial charge in [0.25, 0.3) is 5.91 Å². The van der Waals surface area contributed by atoms with E-state index in [1.54, 1.807) is 17.8 Å². The molecule has 0 spiro atoms. The Balaban J connectivity index is 2.10. The van der Waals surface area contributed by atoms with E-state index in [0.29, 0.717) is 30.1 Å². The van der Waals surface area contributed by atoms with Gasteiger partial charge in [0, 0.05) is 15.2 Å². The molecule has 1 aliphatic heterocycles. The lowest BCUT2D eigenvalue weighted by Crippen LogP contribution is -2.39. The van der Waals surface area contributed by atoms with E-state index in [-0.39, 0.29) is 5.91 Å². The quantitative estimate of drug-likeness (QED) is 0.867. The van der Waals surface area contributed by atoms with Gasteiger partial charge in [0.05, 0.1) is 25.5 Å². The second-order valence-electron chi connectivity index (χ2n) is 4.73. The highest BCUT2D eigenvalue weighted by atomic mass is 35.5. The van der Waals surface area contributed by atoms with Crippen LogP contribution in [0.2, 0.25) is 5.02 Å². The van der Waals surface area contributed by atoms with Crippen LogP contribution in [0.5, 0.6) is 0 Å². The molecule has 0 aliphatic carbocycles. The molecule has 1 N–H and O–H groups in total. The van der Waals surface area contributed by atoms with Crippen molar-refractivity contribution in [3.63, 3.8) is 0 Å². The molecule has 110 valence electrons. The van der Waals surface area contributed by atoms with E-state index in [0.717, 1.165) is 10.6 Å². The number of thioether (sulfide) groups is 1. The molecule has 1 aliphatic rings. The van der Waals surface area contributed by atoms with Crippen molar-refractivity contribution in [3.05, 3.63) is 23.2 Å². The summed E-state index contributed by atoms with van der Waals surface area (Å²) < 4.78 is 10.6. The highest BCUT2D eigenvalue weighted by molar-refractivity contribution is 8.00. The van der Waals surface area contributed by atoms with Crippen LogP contribution in [-0.4, -0.2) is 37.1 Å². The Morgan fingerprint density at radius 2 is 2.25 bits per heavy atom. The van der Waals surface area contributed by atoms with Gasteiger partial charge in [-0.25, -0.2) is 0 Å². The Morgan fingerprint density at radius 3 is 2.90 bits per heavy atom. The van der Waals surface area contributed by atoms with Crippen molar-refractivity contribution in [2.45, 2.75) is 30.1 Å². The van der Waals surface area contributed by atoms with E-state index in [1.165, 1.54) is 0 Å². The summed E-state index contributed by atoms with van der Waals surface area (Å²) in [6.45, 7) is 5.47. The largest absolute Gasteiger partial charge is 0.376 e. The number of hydrogen-bond donors (Lipinski definition) is 1. The van der Waals surface area contributed by atoms with Gasteiger partial charge in [-0.15, -0.1) is 11.8 Å². The smallest absolute Gasteiger partial charge is 0.255 e. The molecule has 1 amide bonds. The van der Waals surface area contributed by atoms with E-state index in [9.17, 15) is 4.79 Å². The number of amides is 1. The molecule has 0 saturated carbocycles. The van der Waals surface area contributed by atoms with Crippen molar-refractivity contribution in [2.24, 2.45) is 0 Å². The van der Waals surface area contributed by atoms with Crippen LogP contribution in [0.15, 0.2) is 23.1 Å². The second kappa shape index (κ2) is 7.31. The van der Waals surface area contributed by atoms with Crippen LogP contribution in [0.4, 0.5) is 5.69 Å². The summed E-state index contributed by atoms with van der Waals surface area (Å²) in [6, 6.07) is 5.50. The second-order valence-corrected chi connectivity index (χ2v) is 6.79. The summed E-state index contributed by atoms with van der Waals surface area (Å²) in [5, 5.41) is 3.89. The maximum Gasteiger partial charge on any atom is 0.255 e. The third-order valence-corrected chi connectivity index (χ3v) is 3.99. The van der Waals surface area contributed by atoms with E-state index in [1.807, 2.05) is 12.1 Å². The predicted molar refractivity (Wildman–Crippen MR) is 81.6 cm³/mol. The fraction of sp³-hybridized carbons (Fsp3) is 0.500. The molecule has 0 radical (unpaired) electrons. The van der Waals surface area contributed by atoms with Crippen molar-refractivity contribution in [1.29, 1.82) is 0 Å². The average molecular weight is 316 g/mol. The van der Waals surface area contributed by atoms with E-state index in [2.05, 4.69) is 19.2 Å². The summed E-state index contributed by atoms with van der Waals surface area (Å²) in [7, 11) is 0. The lowest BCUT2D eigenvalue weighted by molar-refractivity contribution is -0.142. The molecule has 0 unspecified atom stereocenters. The van der Waals surface area contributed by atoms with E-state index >= 15 is 0 Å². The molecule has 1 atom stereocenters. The molecule has 1 fully saturated rings. The van der Waals surface area contributed by atoms with E-state index in [4.69, 9.17) is 21.1 Å². The maximum atomic E-state index is 12.1. The Hall–Kier alpha value is -0.750. The van der Waals surface area contributed by atoms with Gasteiger partial charge in [0.15, 0.2) is 6.10 Å². The molecule has 4 nitrogen and oxygen atoms in total. The zero-order chi connectivity index (χ0) is 14.5. The highest BCUT2D eigenvalue weighted by Gasteiger charge is 2.23. The number of halogens is 1. The number of ether oxygens (including phenoxy) is 2. The molecule has 1 saturated heterocycles. The number of benzene rings is 1. The minimum absolute atomic E-state index is 0.197. The van der Waals surface area contributed by atoms with Gasteiger partial charge in [-0.2, -0.15) is 0 Å². The predicted octanol–water partition coefficient (Wildman–Crippen LogP) is 3.19. The Bertz CT molecular complexity index is 475. The Morgan fingerprint density at radius 1 is 1.45 bits per heavy atom. The SMILES string of the molecule is CC(C)Sc1ccc(Cl)cc1NC(=O)[C@@H]1COCCO1. The van der Waals surface area contributed by atoms with Crippen molar-refractivity contribution in [3.8, 4) is 0 Å². The first kappa shape index (κ1) is 15.6. The fourth-order valence-electron chi connectivity index (χ4n) is 1.81. The topological polar surface area (TPSA) is 47.6 Å². The zero-order valence-electron chi connectivity index (χ0n) is 11.5. The van der Waals surface area contributed by atoms with Crippen molar-refractivity contribution >= 4 is 35.0 Å². The van der Waals surface area contributed by atoms with Crippen LogP contribution < -0.4 is 5.32 Å². The molecule has 1 heterocycles. The van der Waals surface area contributed by atoms with Gasteiger partial charge in [0.1, 0.15) is 0 Å². The number of carbonyl (C=O) groups is 1. The Kier molecular flexibility index (Phi) is 5.72. The van der Waals surface area contributed by atoms with Gasteiger partial charge in [0.2, 0.25) is 0 Å². The van der Waals surface area contributed by atoms with Gasteiger partial charge in [-0.3, -0.25) is 4.79 Å². The number of carbonyl (C=O) groups excluding carboxylic acids is 1. The molecule has 20 heavy (non-hydrogen) atoms. The normalized spacial score (nSPS) is 19.1. The summed E-state index contributed by atoms with van der Waals surface area (Å²) in [5.41, 5.74) is 0.718. The average Bonchev–Trinajstić information content (AvgIpc) is 2.42. The summed E-state index contributed by atoms with van der Waals surface area (Å²) in [5.74, 6) is -0.197. The van der Waals surface area contributed by atoms with Crippen LogP contribution in [-0.2, 0) is 14.3 Å². The van der Waals surface area contributed by atoms with Gasteiger partial charge in [-0.05, 0) is 18.2 Å².